The molecule has 24 heavy (non-hydrogen) atoms. The fourth-order valence-corrected chi connectivity index (χ4v) is 3.73. The van der Waals surface area contributed by atoms with Crippen LogP contribution < -0.4 is 4.90 Å². The van der Waals surface area contributed by atoms with E-state index in [4.69, 9.17) is 4.74 Å². The molecule has 3 rings (SSSR count). The van der Waals surface area contributed by atoms with Crippen LogP contribution in [0.3, 0.4) is 0 Å². The number of benzene rings is 1. The predicted molar refractivity (Wildman–Crippen MR) is 101 cm³/mol. The lowest BCUT2D eigenvalue weighted by Crippen LogP contribution is -2.43. The van der Waals surface area contributed by atoms with E-state index in [-0.39, 0.29) is 18.3 Å². The highest BCUT2D eigenvalue weighted by Gasteiger charge is 2.20. The van der Waals surface area contributed by atoms with Crippen LogP contribution in [-0.4, -0.2) is 55.2 Å². The van der Waals surface area contributed by atoms with Crippen molar-refractivity contribution in [1.29, 1.82) is 0 Å². The third kappa shape index (κ3) is 4.66. The first-order chi connectivity index (χ1) is 11.3. The maximum Gasteiger partial charge on any atom is 0.228 e. The van der Waals surface area contributed by atoms with E-state index in [1.165, 1.54) is 0 Å². The molecule has 1 aliphatic heterocycles. The second kappa shape index (κ2) is 9.32. The number of carbonyl (C=O) groups excluding carboxylic acids is 1. The molecule has 1 aromatic carbocycles. The lowest BCUT2D eigenvalue weighted by Gasteiger charge is -2.29. The van der Waals surface area contributed by atoms with Gasteiger partial charge in [0.1, 0.15) is 0 Å². The molecule has 7 heteroatoms. The zero-order valence-corrected chi connectivity index (χ0v) is 15.6. The third-order valence-corrected chi connectivity index (χ3v) is 5.08. The number of anilines is 1. The molecule has 0 saturated carbocycles. The van der Waals surface area contributed by atoms with E-state index in [0.29, 0.717) is 13.0 Å². The van der Waals surface area contributed by atoms with Crippen LogP contribution in [0.15, 0.2) is 24.3 Å². The standard InChI is InChI=1S/C17H23N3O2S.ClH/c1-2-5-16(21)20(9-8-19-10-12-22-13-11-19)17-18-14-6-3-4-7-15(14)23-17;/h3-4,6-7H,2,5,8-13H2,1H3;1H. The van der Waals surface area contributed by atoms with Crippen LogP contribution in [0.1, 0.15) is 19.8 Å². The monoisotopic (exact) mass is 369 g/mol. The summed E-state index contributed by atoms with van der Waals surface area (Å²) in [6.07, 6.45) is 1.43. The summed E-state index contributed by atoms with van der Waals surface area (Å²) in [4.78, 5) is 21.4. The minimum atomic E-state index is 0. The highest BCUT2D eigenvalue weighted by Crippen LogP contribution is 2.29. The number of para-hydroxylation sites is 1. The first-order valence-corrected chi connectivity index (χ1v) is 9.05. The molecule has 0 radical (unpaired) electrons. The zero-order chi connectivity index (χ0) is 16.1. The van der Waals surface area contributed by atoms with Gasteiger partial charge in [-0.25, -0.2) is 4.98 Å². The van der Waals surface area contributed by atoms with Gasteiger partial charge < -0.3 is 4.74 Å². The summed E-state index contributed by atoms with van der Waals surface area (Å²) in [7, 11) is 0. The molecule has 0 aliphatic carbocycles. The van der Waals surface area contributed by atoms with Gasteiger partial charge in [-0.15, -0.1) is 12.4 Å². The number of morpholine rings is 1. The fourth-order valence-electron chi connectivity index (χ4n) is 2.72. The molecule has 1 amide bonds. The van der Waals surface area contributed by atoms with E-state index in [2.05, 4.69) is 16.0 Å². The quantitative estimate of drug-likeness (QED) is 0.784. The van der Waals surface area contributed by atoms with Crippen LogP contribution in [0.4, 0.5) is 5.13 Å². The number of hydrogen-bond acceptors (Lipinski definition) is 5. The van der Waals surface area contributed by atoms with Crippen LogP contribution in [0, 0.1) is 0 Å². The molecule has 132 valence electrons. The van der Waals surface area contributed by atoms with Gasteiger partial charge in [0, 0.05) is 32.6 Å². The van der Waals surface area contributed by atoms with Gasteiger partial charge >= 0.3 is 0 Å². The molecule has 0 unspecified atom stereocenters. The Hall–Kier alpha value is -1.21. The fraction of sp³-hybridized carbons (Fsp3) is 0.529. The largest absolute Gasteiger partial charge is 0.379 e. The number of fused-ring (bicyclic) bond motifs is 1. The molecular weight excluding hydrogens is 346 g/mol. The van der Waals surface area contributed by atoms with Crippen LogP contribution in [-0.2, 0) is 9.53 Å². The number of rotatable bonds is 6. The highest BCUT2D eigenvalue weighted by molar-refractivity contribution is 7.22. The first-order valence-electron chi connectivity index (χ1n) is 8.24. The van der Waals surface area contributed by atoms with E-state index in [0.717, 1.165) is 54.6 Å². The van der Waals surface area contributed by atoms with Crippen LogP contribution in [0.2, 0.25) is 0 Å². The number of carbonyl (C=O) groups is 1. The van der Waals surface area contributed by atoms with Gasteiger partial charge in [-0.1, -0.05) is 30.4 Å². The average molecular weight is 370 g/mol. The van der Waals surface area contributed by atoms with Gasteiger partial charge in [0.2, 0.25) is 5.91 Å². The van der Waals surface area contributed by atoms with Gasteiger partial charge in [-0.05, 0) is 18.6 Å². The van der Waals surface area contributed by atoms with Crippen molar-refractivity contribution in [2.45, 2.75) is 19.8 Å². The first kappa shape index (κ1) is 19.1. The third-order valence-electron chi connectivity index (χ3n) is 4.02. The van der Waals surface area contributed by atoms with Crippen molar-refractivity contribution < 1.29 is 9.53 Å². The minimum Gasteiger partial charge on any atom is -0.379 e. The Bertz CT molecular complexity index is 625. The van der Waals surface area contributed by atoms with E-state index in [1.54, 1.807) is 11.3 Å². The van der Waals surface area contributed by atoms with Gasteiger partial charge in [0.15, 0.2) is 5.13 Å². The average Bonchev–Trinajstić information content (AvgIpc) is 3.00. The number of ether oxygens (including phenoxy) is 1. The van der Waals surface area contributed by atoms with Crippen molar-refractivity contribution in [2.24, 2.45) is 0 Å². The van der Waals surface area contributed by atoms with Gasteiger partial charge in [0.05, 0.1) is 23.4 Å². The summed E-state index contributed by atoms with van der Waals surface area (Å²) in [6, 6.07) is 8.05. The number of amides is 1. The number of nitrogens with zero attached hydrogens (tertiary/aromatic N) is 3. The van der Waals surface area contributed by atoms with E-state index >= 15 is 0 Å². The predicted octanol–water partition coefficient (Wildman–Crippen LogP) is 3.18. The summed E-state index contributed by atoms with van der Waals surface area (Å²) in [5.74, 6) is 0.166. The maximum atomic E-state index is 12.5. The molecule has 1 saturated heterocycles. The van der Waals surface area contributed by atoms with Gasteiger partial charge in [-0.3, -0.25) is 14.6 Å². The summed E-state index contributed by atoms with van der Waals surface area (Å²) in [5, 5.41) is 0.818. The summed E-state index contributed by atoms with van der Waals surface area (Å²) in [5.41, 5.74) is 0.966. The van der Waals surface area contributed by atoms with Gasteiger partial charge in [-0.2, -0.15) is 0 Å². The second-order valence-corrected chi connectivity index (χ2v) is 6.72. The lowest BCUT2D eigenvalue weighted by molar-refractivity contribution is -0.118. The minimum absolute atomic E-state index is 0. The Labute approximate surface area is 153 Å². The smallest absolute Gasteiger partial charge is 0.228 e. The number of aromatic nitrogens is 1. The lowest BCUT2D eigenvalue weighted by atomic mass is 10.3. The molecule has 0 bridgehead atoms. The van der Waals surface area contributed by atoms with E-state index in [1.807, 2.05) is 30.0 Å². The van der Waals surface area contributed by atoms with Crippen molar-refractivity contribution in [1.82, 2.24) is 9.88 Å². The molecular formula is C17H24ClN3O2S. The number of thiazole rings is 1. The van der Waals surface area contributed by atoms with Crippen molar-refractivity contribution in [3.8, 4) is 0 Å². The normalized spacial score (nSPS) is 15.2. The summed E-state index contributed by atoms with van der Waals surface area (Å²) >= 11 is 1.60. The second-order valence-electron chi connectivity index (χ2n) is 5.71. The molecule has 5 nitrogen and oxygen atoms in total. The SMILES string of the molecule is CCCC(=O)N(CCN1CCOCC1)c1nc2ccccc2s1.Cl. The molecule has 1 aromatic heterocycles. The highest BCUT2D eigenvalue weighted by atomic mass is 35.5. The molecule has 0 spiro atoms. The van der Waals surface area contributed by atoms with E-state index in [9.17, 15) is 4.79 Å². The topological polar surface area (TPSA) is 45.7 Å². The maximum absolute atomic E-state index is 12.5. The number of hydrogen-bond donors (Lipinski definition) is 0. The van der Waals surface area contributed by atoms with Crippen molar-refractivity contribution in [3.63, 3.8) is 0 Å². The van der Waals surface area contributed by atoms with Crippen molar-refractivity contribution >= 4 is 45.0 Å². The Morgan fingerprint density at radius 2 is 2.08 bits per heavy atom. The molecule has 1 fully saturated rings. The molecule has 0 atom stereocenters. The van der Waals surface area contributed by atoms with Crippen molar-refractivity contribution in [2.75, 3.05) is 44.3 Å². The molecule has 0 N–H and O–H groups in total. The Morgan fingerprint density at radius 3 is 2.79 bits per heavy atom. The van der Waals surface area contributed by atoms with Gasteiger partial charge in [0.25, 0.3) is 0 Å². The Morgan fingerprint density at radius 1 is 1.33 bits per heavy atom. The number of halogens is 1. The summed E-state index contributed by atoms with van der Waals surface area (Å²) in [6.45, 7) is 7.04. The van der Waals surface area contributed by atoms with Crippen molar-refractivity contribution in [3.05, 3.63) is 24.3 Å². The Balaban J connectivity index is 0.00000208. The molecule has 1 aliphatic rings. The molecule has 2 heterocycles. The molecule has 2 aromatic rings. The Kier molecular flexibility index (Phi) is 7.42. The summed E-state index contributed by atoms with van der Waals surface area (Å²) < 4.78 is 6.51. The zero-order valence-electron chi connectivity index (χ0n) is 13.9. The van der Waals surface area contributed by atoms with Crippen LogP contribution in [0.5, 0.6) is 0 Å². The van der Waals surface area contributed by atoms with Crippen LogP contribution >= 0.6 is 23.7 Å². The van der Waals surface area contributed by atoms with Crippen LogP contribution in [0.25, 0.3) is 10.2 Å². The van der Waals surface area contributed by atoms with E-state index < -0.39 is 0 Å².